The largest absolute Gasteiger partial charge is 0.358 e. The van der Waals surface area contributed by atoms with Gasteiger partial charge in [-0.2, -0.15) is 0 Å². The quantitative estimate of drug-likeness (QED) is 0.834. The number of amides is 2. The summed E-state index contributed by atoms with van der Waals surface area (Å²) in [6.07, 6.45) is 3.41. The molecule has 0 bridgehead atoms. The Kier molecular flexibility index (Phi) is 6.86. The summed E-state index contributed by atoms with van der Waals surface area (Å²) in [6, 6.07) is 7.34. The summed E-state index contributed by atoms with van der Waals surface area (Å²) < 4.78 is 0. The number of rotatable bonds is 6. The van der Waals surface area contributed by atoms with Crippen molar-refractivity contribution in [3.8, 4) is 0 Å². The van der Waals surface area contributed by atoms with Gasteiger partial charge in [0.1, 0.15) is 0 Å². The number of hydrogen-bond donors (Lipinski definition) is 2. The predicted molar refractivity (Wildman–Crippen MR) is 91.2 cm³/mol. The molecule has 6 heteroatoms. The molecule has 2 N–H and O–H groups in total. The third-order valence-electron chi connectivity index (χ3n) is 4.17. The van der Waals surface area contributed by atoms with E-state index in [-0.39, 0.29) is 17.9 Å². The zero-order valence-electron chi connectivity index (χ0n) is 13.5. The van der Waals surface area contributed by atoms with Crippen LogP contribution in [0.4, 0.5) is 0 Å². The lowest BCUT2D eigenvalue weighted by Crippen LogP contribution is -2.49. The molecule has 1 fully saturated rings. The van der Waals surface area contributed by atoms with Gasteiger partial charge in [0.15, 0.2) is 0 Å². The van der Waals surface area contributed by atoms with Crippen LogP contribution in [0.5, 0.6) is 0 Å². The molecule has 1 unspecified atom stereocenters. The van der Waals surface area contributed by atoms with Crippen molar-refractivity contribution in [1.82, 2.24) is 15.5 Å². The zero-order valence-corrected chi connectivity index (χ0v) is 14.2. The topological polar surface area (TPSA) is 61.4 Å². The van der Waals surface area contributed by atoms with Gasteiger partial charge in [-0.25, -0.2) is 0 Å². The standard InChI is InChI=1S/C17H24ClN3O2/c1-19-17(23)15-7-2-3-9-21(15)10-8-16(22)20-12-13-5-4-6-14(18)11-13/h4-6,11,15H,2-3,7-10,12H2,1H3,(H,19,23)(H,20,22). The Labute approximate surface area is 142 Å². The van der Waals surface area contributed by atoms with Gasteiger partial charge in [-0.15, -0.1) is 0 Å². The molecule has 0 aliphatic carbocycles. The van der Waals surface area contributed by atoms with E-state index >= 15 is 0 Å². The van der Waals surface area contributed by atoms with Gasteiger partial charge in [0, 0.05) is 31.6 Å². The minimum absolute atomic E-state index is 0.00814. The number of likely N-dealkylation sites (tertiary alicyclic amines) is 1. The highest BCUT2D eigenvalue weighted by atomic mass is 35.5. The van der Waals surface area contributed by atoms with Crippen molar-refractivity contribution in [1.29, 1.82) is 0 Å². The van der Waals surface area contributed by atoms with Crippen LogP contribution in [0.15, 0.2) is 24.3 Å². The molecule has 0 aromatic heterocycles. The molecular weight excluding hydrogens is 314 g/mol. The molecule has 0 spiro atoms. The van der Waals surface area contributed by atoms with E-state index in [4.69, 9.17) is 11.6 Å². The van der Waals surface area contributed by atoms with Crippen LogP contribution in [-0.2, 0) is 16.1 Å². The highest BCUT2D eigenvalue weighted by Gasteiger charge is 2.27. The van der Waals surface area contributed by atoms with Crippen molar-refractivity contribution >= 4 is 23.4 Å². The maximum atomic E-state index is 12.0. The zero-order chi connectivity index (χ0) is 16.7. The summed E-state index contributed by atoms with van der Waals surface area (Å²) in [7, 11) is 1.66. The fourth-order valence-electron chi connectivity index (χ4n) is 2.90. The van der Waals surface area contributed by atoms with Crippen LogP contribution in [-0.4, -0.2) is 42.9 Å². The number of piperidine rings is 1. The number of halogens is 1. The summed E-state index contributed by atoms with van der Waals surface area (Å²) in [5.74, 6) is 0.0373. The summed E-state index contributed by atoms with van der Waals surface area (Å²) in [4.78, 5) is 26.0. The molecular formula is C17H24ClN3O2. The smallest absolute Gasteiger partial charge is 0.237 e. The monoisotopic (exact) mass is 337 g/mol. The number of carbonyl (C=O) groups is 2. The SMILES string of the molecule is CNC(=O)C1CCCCN1CCC(=O)NCc1cccc(Cl)c1. The summed E-state index contributed by atoms with van der Waals surface area (Å²) in [5.41, 5.74) is 0.979. The summed E-state index contributed by atoms with van der Waals surface area (Å²) in [6.45, 7) is 1.96. The Morgan fingerprint density at radius 1 is 1.35 bits per heavy atom. The normalized spacial score (nSPS) is 18.4. The summed E-state index contributed by atoms with van der Waals surface area (Å²) >= 11 is 5.93. The highest BCUT2D eigenvalue weighted by Crippen LogP contribution is 2.17. The fraction of sp³-hybridized carbons (Fsp3) is 0.529. The molecule has 0 saturated carbocycles. The van der Waals surface area contributed by atoms with Crippen LogP contribution < -0.4 is 10.6 Å². The van der Waals surface area contributed by atoms with Gasteiger partial charge < -0.3 is 10.6 Å². The molecule has 0 radical (unpaired) electrons. The molecule has 23 heavy (non-hydrogen) atoms. The Bertz CT molecular complexity index is 550. The van der Waals surface area contributed by atoms with E-state index in [9.17, 15) is 9.59 Å². The first-order valence-corrected chi connectivity index (χ1v) is 8.44. The molecule has 1 aliphatic rings. The van der Waals surface area contributed by atoms with E-state index in [1.807, 2.05) is 24.3 Å². The lowest BCUT2D eigenvalue weighted by atomic mass is 10.0. The van der Waals surface area contributed by atoms with Crippen LogP contribution in [0, 0.1) is 0 Å². The Morgan fingerprint density at radius 3 is 2.91 bits per heavy atom. The fourth-order valence-corrected chi connectivity index (χ4v) is 3.12. The Balaban J connectivity index is 1.77. The third-order valence-corrected chi connectivity index (χ3v) is 4.40. The van der Waals surface area contributed by atoms with Crippen molar-refractivity contribution < 1.29 is 9.59 Å². The van der Waals surface area contributed by atoms with Gasteiger partial charge in [0.05, 0.1) is 6.04 Å². The second kappa shape index (κ2) is 8.89. The van der Waals surface area contributed by atoms with Gasteiger partial charge >= 0.3 is 0 Å². The van der Waals surface area contributed by atoms with E-state index < -0.39 is 0 Å². The molecule has 5 nitrogen and oxygen atoms in total. The molecule has 1 atom stereocenters. The number of nitrogens with zero attached hydrogens (tertiary/aromatic N) is 1. The second-order valence-electron chi connectivity index (χ2n) is 5.82. The van der Waals surface area contributed by atoms with Crippen LogP contribution in [0.1, 0.15) is 31.2 Å². The van der Waals surface area contributed by atoms with Crippen LogP contribution in [0.25, 0.3) is 0 Å². The maximum absolute atomic E-state index is 12.0. The molecule has 1 saturated heterocycles. The molecule has 1 aromatic carbocycles. The van der Waals surface area contributed by atoms with E-state index in [0.29, 0.717) is 24.5 Å². The first-order chi connectivity index (χ1) is 11.1. The van der Waals surface area contributed by atoms with Gasteiger partial charge in [0.25, 0.3) is 0 Å². The number of carbonyl (C=O) groups excluding carboxylic acids is 2. The van der Waals surface area contributed by atoms with Crippen molar-refractivity contribution in [2.24, 2.45) is 0 Å². The molecule has 1 heterocycles. The average Bonchev–Trinajstić information content (AvgIpc) is 2.57. The molecule has 1 aromatic rings. The lowest BCUT2D eigenvalue weighted by molar-refractivity contribution is -0.128. The van der Waals surface area contributed by atoms with E-state index in [0.717, 1.165) is 31.4 Å². The van der Waals surface area contributed by atoms with Crippen molar-refractivity contribution in [2.75, 3.05) is 20.1 Å². The van der Waals surface area contributed by atoms with Crippen LogP contribution in [0.2, 0.25) is 5.02 Å². The maximum Gasteiger partial charge on any atom is 0.237 e. The number of likely N-dealkylation sites (N-methyl/N-ethyl adjacent to an activating group) is 1. The highest BCUT2D eigenvalue weighted by molar-refractivity contribution is 6.30. The van der Waals surface area contributed by atoms with E-state index in [1.54, 1.807) is 7.05 Å². The van der Waals surface area contributed by atoms with Gasteiger partial charge in [-0.3, -0.25) is 14.5 Å². The third kappa shape index (κ3) is 5.52. The Morgan fingerprint density at radius 2 is 2.17 bits per heavy atom. The average molecular weight is 338 g/mol. The van der Waals surface area contributed by atoms with Crippen LogP contribution in [0.3, 0.4) is 0 Å². The number of hydrogen-bond acceptors (Lipinski definition) is 3. The lowest BCUT2D eigenvalue weighted by Gasteiger charge is -2.34. The van der Waals surface area contributed by atoms with Crippen molar-refractivity contribution in [3.63, 3.8) is 0 Å². The van der Waals surface area contributed by atoms with E-state index in [2.05, 4.69) is 15.5 Å². The van der Waals surface area contributed by atoms with Crippen molar-refractivity contribution in [3.05, 3.63) is 34.9 Å². The van der Waals surface area contributed by atoms with Gasteiger partial charge in [0.2, 0.25) is 11.8 Å². The first kappa shape index (κ1) is 17.8. The summed E-state index contributed by atoms with van der Waals surface area (Å²) in [5, 5.41) is 6.27. The van der Waals surface area contributed by atoms with Crippen LogP contribution >= 0.6 is 11.6 Å². The first-order valence-electron chi connectivity index (χ1n) is 8.07. The van der Waals surface area contributed by atoms with Gasteiger partial charge in [-0.1, -0.05) is 30.2 Å². The molecule has 1 aliphatic heterocycles. The minimum Gasteiger partial charge on any atom is -0.358 e. The number of benzene rings is 1. The minimum atomic E-state index is -0.102. The van der Waals surface area contributed by atoms with Crippen molar-refractivity contribution in [2.45, 2.75) is 38.3 Å². The second-order valence-corrected chi connectivity index (χ2v) is 6.25. The van der Waals surface area contributed by atoms with Gasteiger partial charge in [-0.05, 0) is 37.1 Å². The molecule has 2 rings (SSSR count). The molecule has 2 amide bonds. The Hall–Kier alpha value is -1.59. The number of nitrogens with one attached hydrogen (secondary N) is 2. The predicted octanol–water partition coefficient (Wildman–Crippen LogP) is 1.95. The van der Waals surface area contributed by atoms with E-state index in [1.165, 1.54) is 0 Å². The molecule has 126 valence electrons.